The van der Waals surface area contributed by atoms with E-state index in [2.05, 4.69) is 4.99 Å². The summed E-state index contributed by atoms with van der Waals surface area (Å²) >= 11 is 1.40. The van der Waals surface area contributed by atoms with Gasteiger partial charge in [0, 0.05) is 27.8 Å². The van der Waals surface area contributed by atoms with E-state index in [9.17, 15) is 14.9 Å². The molecule has 0 aliphatic carbocycles. The molecule has 0 atom stereocenters. The first kappa shape index (κ1) is 20.5. The van der Waals surface area contributed by atoms with Crippen LogP contribution in [0.3, 0.4) is 0 Å². The van der Waals surface area contributed by atoms with Crippen molar-refractivity contribution >= 4 is 44.3 Å². The fraction of sp³-hybridized carbons (Fsp3) is 0.130. The molecule has 0 saturated heterocycles. The summed E-state index contributed by atoms with van der Waals surface area (Å²) in [4.78, 5) is 27.5. The Morgan fingerprint density at radius 2 is 2.03 bits per heavy atom. The van der Waals surface area contributed by atoms with Crippen LogP contribution in [0.2, 0.25) is 0 Å². The fourth-order valence-electron chi connectivity index (χ4n) is 3.25. The summed E-state index contributed by atoms with van der Waals surface area (Å²) in [6, 6.07) is 15.8. The summed E-state index contributed by atoms with van der Waals surface area (Å²) in [5.41, 5.74) is 1.98. The van der Waals surface area contributed by atoms with Crippen LogP contribution in [0, 0.1) is 17.0 Å². The zero-order valence-corrected chi connectivity index (χ0v) is 17.6. The maximum absolute atomic E-state index is 12.5. The predicted octanol–water partition coefficient (Wildman–Crippen LogP) is 6.31. The molecule has 156 valence electrons. The Labute approximate surface area is 181 Å². The Kier molecular flexibility index (Phi) is 5.64. The highest BCUT2D eigenvalue weighted by molar-refractivity contribution is 7.23. The topological polar surface area (TPSA) is 94.9 Å². The summed E-state index contributed by atoms with van der Waals surface area (Å²) in [5.74, 6) is 0.671. The number of ether oxygens (including phenoxy) is 1. The third kappa shape index (κ3) is 4.10. The van der Waals surface area contributed by atoms with E-state index in [4.69, 9.17) is 9.15 Å². The Balaban J connectivity index is 1.66. The number of hydrogen-bond donors (Lipinski definition) is 0. The molecule has 0 fully saturated rings. The number of furan rings is 1. The van der Waals surface area contributed by atoms with Crippen LogP contribution in [-0.2, 0) is 4.74 Å². The van der Waals surface area contributed by atoms with Crippen LogP contribution < -0.4 is 0 Å². The highest BCUT2D eigenvalue weighted by Gasteiger charge is 2.19. The highest BCUT2D eigenvalue weighted by atomic mass is 32.1. The number of non-ortho nitro benzene ring substituents is 1. The number of nitro groups is 1. The number of carbonyl (C=O) groups excluding carboxylic acids is 1. The average Bonchev–Trinajstić information content (AvgIpc) is 3.36. The van der Waals surface area contributed by atoms with E-state index in [1.165, 1.54) is 23.5 Å². The molecule has 0 N–H and O–H groups in total. The van der Waals surface area contributed by atoms with Gasteiger partial charge in [0.05, 0.1) is 17.7 Å². The number of benzene rings is 2. The minimum atomic E-state index is -0.427. The molecule has 0 spiro atoms. The van der Waals surface area contributed by atoms with Gasteiger partial charge in [0.2, 0.25) is 0 Å². The molecule has 4 aromatic rings. The van der Waals surface area contributed by atoms with Gasteiger partial charge in [-0.15, -0.1) is 11.3 Å². The molecule has 0 saturated carbocycles. The summed E-state index contributed by atoms with van der Waals surface area (Å²) in [6.07, 6.45) is 1.55. The van der Waals surface area contributed by atoms with E-state index in [-0.39, 0.29) is 12.3 Å². The van der Waals surface area contributed by atoms with Crippen LogP contribution in [0.1, 0.15) is 28.6 Å². The lowest BCUT2D eigenvalue weighted by Gasteiger charge is -2.02. The van der Waals surface area contributed by atoms with E-state index >= 15 is 0 Å². The Morgan fingerprint density at radius 1 is 1.23 bits per heavy atom. The number of nitrogens with zero attached hydrogens (tertiary/aromatic N) is 2. The SMILES string of the molecule is CCOC(=O)c1c(N=Cc2ccc(-c3ccc([N+](=O)[O-])cc3C)o2)sc2ccccc12. The normalized spacial score (nSPS) is 11.3. The van der Waals surface area contributed by atoms with Crippen LogP contribution in [0.5, 0.6) is 0 Å². The number of aliphatic imine (C=N–C) groups is 1. The molecule has 7 nitrogen and oxygen atoms in total. The maximum Gasteiger partial charge on any atom is 0.341 e. The number of fused-ring (bicyclic) bond motifs is 1. The molecule has 31 heavy (non-hydrogen) atoms. The molecule has 2 heterocycles. The third-order valence-electron chi connectivity index (χ3n) is 4.68. The first-order valence-corrected chi connectivity index (χ1v) is 10.4. The molecule has 0 bridgehead atoms. The monoisotopic (exact) mass is 434 g/mol. The van der Waals surface area contributed by atoms with Gasteiger partial charge in [0.15, 0.2) is 0 Å². The van der Waals surface area contributed by atoms with Gasteiger partial charge in [-0.25, -0.2) is 9.79 Å². The quantitative estimate of drug-likeness (QED) is 0.153. The molecule has 8 heteroatoms. The van der Waals surface area contributed by atoms with Gasteiger partial charge in [0.1, 0.15) is 22.1 Å². The standard InChI is InChI=1S/C23H18N2O5S/c1-3-29-23(26)21-18-6-4-5-7-20(18)31-22(21)24-13-16-9-11-19(30-16)17-10-8-15(25(27)28)12-14(17)2/h4-13H,3H2,1-2H3. The highest BCUT2D eigenvalue weighted by Crippen LogP contribution is 2.38. The largest absolute Gasteiger partial charge is 0.462 e. The Morgan fingerprint density at radius 3 is 2.77 bits per heavy atom. The molecular weight excluding hydrogens is 416 g/mol. The number of nitro benzene ring substituents is 1. The Hall–Kier alpha value is -3.78. The number of thiophene rings is 1. The van der Waals surface area contributed by atoms with Crippen molar-refractivity contribution in [3.8, 4) is 11.3 Å². The van der Waals surface area contributed by atoms with Crippen molar-refractivity contribution in [2.45, 2.75) is 13.8 Å². The van der Waals surface area contributed by atoms with E-state index in [1.807, 2.05) is 24.3 Å². The van der Waals surface area contributed by atoms with Crippen LogP contribution in [0.4, 0.5) is 10.7 Å². The molecule has 0 radical (unpaired) electrons. The van der Waals surface area contributed by atoms with E-state index in [1.54, 1.807) is 38.3 Å². The van der Waals surface area contributed by atoms with Crippen molar-refractivity contribution < 1.29 is 18.9 Å². The zero-order chi connectivity index (χ0) is 22.0. The lowest BCUT2D eigenvalue weighted by Crippen LogP contribution is -2.03. The molecule has 2 aromatic heterocycles. The van der Waals surface area contributed by atoms with Gasteiger partial charge in [-0.2, -0.15) is 0 Å². The van der Waals surface area contributed by atoms with Crippen LogP contribution in [0.25, 0.3) is 21.4 Å². The summed E-state index contributed by atoms with van der Waals surface area (Å²) < 4.78 is 12.0. The van der Waals surface area contributed by atoms with Gasteiger partial charge in [-0.3, -0.25) is 10.1 Å². The van der Waals surface area contributed by atoms with Crippen molar-refractivity contribution in [3.63, 3.8) is 0 Å². The lowest BCUT2D eigenvalue weighted by molar-refractivity contribution is -0.384. The first-order valence-electron chi connectivity index (χ1n) is 9.56. The second-order valence-corrected chi connectivity index (χ2v) is 7.75. The van der Waals surface area contributed by atoms with E-state index in [0.29, 0.717) is 22.1 Å². The number of esters is 1. The van der Waals surface area contributed by atoms with Gasteiger partial charge in [0.25, 0.3) is 5.69 Å². The lowest BCUT2D eigenvalue weighted by atomic mass is 10.1. The molecule has 0 unspecified atom stereocenters. The zero-order valence-electron chi connectivity index (χ0n) is 16.8. The van der Waals surface area contributed by atoms with Crippen LogP contribution in [0.15, 0.2) is 64.0 Å². The van der Waals surface area contributed by atoms with Gasteiger partial charge in [-0.1, -0.05) is 18.2 Å². The summed E-state index contributed by atoms with van der Waals surface area (Å²) in [6.45, 7) is 3.84. The van der Waals surface area contributed by atoms with Crippen molar-refractivity contribution in [1.29, 1.82) is 0 Å². The number of aryl methyl sites for hydroxylation is 1. The van der Waals surface area contributed by atoms with Crippen LogP contribution in [-0.4, -0.2) is 23.7 Å². The third-order valence-corrected chi connectivity index (χ3v) is 5.76. The molecule has 0 aliphatic heterocycles. The van der Waals surface area contributed by atoms with E-state index in [0.717, 1.165) is 21.2 Å². The summed E-state index contributed by atoms with van der Waals surface area (Å²) in [5, 5.41) is 12.3. The second-order valence-electron chi connectivity index (χ2n) is 6.72. The number of rotatable bonds is 6. The number of hydrogen-bond acceptors (Lipinski definition) is 7. The minimum absolute atomic E-state index is 0.0332. The smallest absolute Gasteiger partial charge is 0.341 e. The van der Waals surface area contributed by atoms with Crippen molar-refractivity contribution in [1.82, 2.24) is 0 Å². The van der Waals surface area contributed by atoms with E-state index < -0.39 is 10.9 Å². The minimum Gasteiger partial charge on any atom is -0.462 e. The predicted molar refractivity (Wildman–Crippen MR) is 121 cm³/mol. The van der Waals surface area contributed by atoms with Gasteiger partial charge >= 0.3 is 5.97 Å². The van der Waals surface area contributed by atoms with Crippen molar-refractivity contribution in [2.75, 3.05) is 6.61 Å². The number of carbonyl (C=O) groups is 1. The maximum atomic E-state index is 12.5. The molecule has 0 aliphatic rings. The molecule has 4 rings (SSSR count). The molecular formula is C23H18N2O5S. The van der Waals surface area contributed by atoms with Crippen LogP contribution >= 0.6 is 11.3 Å². The Bertz CT molecular complexity index is 1320. The molecule has 0 amide bonds. The first-order chi connectivity index (χ1) is 15.0. The van der Waals surface area contributed by atoms with Gasteiger partial charge in [-0.05, 0) is 43.7 Å². The van der Waals surface area contributed by atoms with Crippen molar-refractivity contribution in [3.05, 3.63) is 81.6 Å². The summed E-state index contributed by atoms with van der Waals surface area (Å²) in [7, 11) is 0. The second kappa shape index (κ2) is 8.53. The van der Waals surface area contributed by atoms with Gasteiger partial charge < -0.3 is 9.15 Å². The van der Waals surface area contributed by atoms with Crippen molar-refractivity contribution in [2.24, 2.45) is 4.99 Å². The average molecular weight is 434 g/mol. The fourth-order valence-corrected chi connectivity index (χ4v) is 4.29. The molecule has 2 aromatic carbocycles.